The molecule has 0 aromatic rings. The molecule has 3 heteroatoms. The smallest absolute Gasteiger partial charge is 0.169 e. The van der Waals surface area contributed by atoms with Crippen LogP contribution >= 0.6 is 0 Å². The van der Waals surface area contributed by atoms with Crippen molar-refractivity contribution in [1.82, 2.24) is 5.32 Å². The van der Waals surface area contributed by atoms with Gasteiger partial charge in [0.25, 0.3) is 0 Å². The van der Waals surface area contributed by atoms with Gasteiger partial charge in [0.2, 0.25) is 0 Å². The van der Waals surface area contributed by atoms with Crippen LogP contribution in [0.1, 0.15) is 59.8 Å². The summed E-state index contributed by atoms with van der Waals surface area (Å²) in [7, 11) is 0. The number of hydrogen-bond donors (Lipinski definition) is 1. The van der Waals surface area contributed by atoms with Crippen molar-refractivity contribution in [3.05, 3.63) is 0 Å². The van der Waals surface area contributed by atoms with E-state index in [4.69, 9.17) is 9.47 Å². The molecule has 3 nitrogen and oxygen atoms in total. The van der Waals surface area contributed by atoms with Crippen molar-refractivity contribution in [1.29, 1.82) is 0 Å². The Morgan fingerprint density at radius 2 is 1.53 bits per heavy atom. The molecule has 1 unspecified atom stereocenters. The van der Waals surface area contributed by atoms with Crippen molar-refractivity contribution < 1.29 is 9.47 Å². The summed E-state index contributed by atoms with van der Waals surface area (Å²) in [4.78, 5) is 0. The van der Waals surface area contributed by atoms with E-state index in [2.05, 4.69) is 19.2 Å². The number of ether oxygens (including phenoxy) is 2. The summed E-state index contributed by atoms with van der Waals surface area (Å²) in [6, 6.07) is 0.614. The molecule has 0 rings (SSSR count). The molecular formula is C14H31NO2. The van der Waals surface area contributed by atoms with Gasteiger partial charge in [-0.1, -0.05) is 33.1 Å². The summed E-state index contributed by atoms with van der Waals surface area (Å²) < 4.78 is 11.1. The quantitative estimate of drug-likeness (QED) is 0.535. The van der Waals surface area contributed by atoms with Gasteiger partial charge < -0.3 is 14.8 Å². The lowest BCUT2D eigenvalue weighted by atomic mass is 10.1. The van der Waals surface area contributed by atoms with Crippen LogP contribution in [0.3, 0.4) is 0 Å². The lowest BCUT2D eigenvalue weighted by molar-refractivity contribution is -0.133. The third-order valence-electron chi connectivity index (χ3n) is 2.82. The molecule has 0 aliphatic heterocycles. The van der Waals surface area contributed by atoms with Crippen molar-refractivity contribution in [3.8, 4) is 0 Å². The highest BCUT2D eigenvalue weighted by Crippen LogP contribution is 2.07. The highest BCUT2D eigenvalue weighted by Gasteiger charge is 2.11. The average Bonchev–Trinajstić information content (AvgIpc) is 2.33. The Labute approximate surface area is 107 Å². The zero-order chi connectivity index (χ0) is 12.9. The zero-order valence-electron chi connectivity index (χ0n) is 12.1. The molecule has 1 atom stereocenters. The molecule has 0 aromatic carbocycles. The molecule has 0 heterocycles. The Morgan fingerprint density at radius 3 is 2.00 bits per heavy atom. The molecule has 0 aromatic heterocycles. The molecule has 0 radical (unpaired) electrons. The van der Waals surface area contributed by atoms with Gasteiger partial charge in [0.1, 0.15) is 0 Å². The summed E-state index contributed by atoms with van der Waals surface area (Å²) in [6.07, 6.45) is 6.20. The first kappa shape index (κ1) is 16.9. The summed E-state index contributed by atoms with van der Waals surface area (Å²) in [6.45, 7) is 10.7. The fraction of sp³-hybridized carbons (Fsp3) is 1.00. The van der Waals surface area contributed by atoms with Gasteiger partial charge >= 0.3 is 0 Å². The SMILES string of the molecule is CCCCC(CCC)NCC(OCC)OCC. The predicted molar refractivity (Wildman–Crippen MR) is 73.3 cm³/mol. The Balaban J connectivity index is 3.87. The van der Waals surface area contributed by atoms with E-state index in [1.807, 2.05) is 13.8 Å². The van der Waals surface area contributed by atoms with Gasteiger partial charge in [0, 0.05) is 25.8 Å². The number of nitrogens with one attached hydrogen (secondary N) is 1. The van der Waals surface area contributed by atoms with E-state index in [9.17, 15) is 0 Å². The van der Waals surface area contributed by atoms with E-state index in [1.165, 1.54) is 32.1 Å². The molecule has 0 saturated carbocycles. The molecule has 0 spiro atoms. The number of unbranched alkanes of at least 4 members (excludes halogenated alkanes) is 1. The Bertz CT molecular complexity index is 147. The summed E-state index contributed by atoms with van der Waals surface area (Å²) >= 11 is 0. The summed E-state index contributed by atoms with van der Waals surface area (Å²) in [5.41, 5.74) is 0. The van der Waals surface area contributed by atoms with Gasteiger partial charge in [0.05, 0.1) is 0 Å². The van der Waals surface area contributed by atoms with Crippen molar-refractivity contribution in [3.63, 3.8) is 0 Å². The normalized spacial score (nSPS) is 13.2. The van der Waals surface area contributed by atoms with Crippen LogP contribution in [0.25, 0.3) is 0 Å². The monoisotopic (exact) mass is 245 g/mol. The summed E-state index contributed by atoms with van der Waals surface area (Å²) in [5.74, 6) is 0. The van der Waals surface area contributed by atoms with E-state index >= 15 is 0 Å². The Hall–Kier alpha value is -0.120. The maximum Gasteiger partial charge on any atom is 0.169 e. The molecule has 0 amide bonds. The van der Waals surface area contributed by atoms with Crippen molar-refractivity contribution >= 4 is 0 Å². The third-order valence-corrected chi connectivity index (χ3v) is 2.82. The molecule has 0 aliphatic rings. The Morgan fingerprint density at radius 1 is 0.882 bits per heavy atom. The largest absolute Gasteiger partial charge is 0.352 e. The van der Waals surface area contributed by atoms with Crippen molar-refractivity contribution in [2.24, 2.45) is 0 Å². The minimum absolute atomic E-state index is 0.0917. The maximum atomic E-state index is 5.53. The fourth-order valence-electron chi connectivity index (χ4n) is 1.95. The first-order chi connectivity index (χ1) is 8.28. The van der Waals surface area contributed by atoms with E-state index in [0.29, 0.717) is 19.3 Å². The van der Waals surface area contributed by atoms with Crippen LogP contribution in [0.4, 0.5) is 0 Å². The van der Waals surface area contributed by atoms with E-state index in [0.717, 1.165) is 6.54 Å². The van der Waals surface area contributed by atoms with Crippen LogP contribution in [0.5, 0.6) is 0 Å². The second-order valence-corrected chi connectivity index (χ2v) is 4.38. The lowest BCUT2D eigenvalue weighted by Crippen LogP contribution is -2.38. The molecule has 104 valence electrons. The van der Waals surface area contributed by atoms with E-state index < -0.39 is 0 Å². The van der Waals surface area contributed by atoms with E-state index in [-0.39, 0.29) is 6.29 Å². The standard InChI is InChI=1S/C14H31NO2/c1-5-9-11-13(10-6-2)15-12-14(16-7-3)17-8-4/h13-15H,5-12H2,1-4H3. The first-order valence-electron chi connectivity index (χ1n) is 7.24. The topological polar surface area (TPSA) is 30.5 Å². The summed E-state index contributed by atoms with van der Waals surface area (Å²) in [5, 5.41) is 3.58. The van der Waals surface area contributed by atoms with E-state index in [1.54, 1.807) is 0 Å². The molecular weight excluding hydrogens is 214 g/mol. The minimum Gasteiger partial charge on any atom is -0.352 e. The van der Waals surface area contributed by atoms with Gasteiger partial charge in [-0.3, -0.25) is 0 Å². The van der Waals surface area contributed by atoms with Gasteiger partial charge in [-0.2, -0.15) is 0 Å². The lowest BCUT2D eigenvalue weighted by Gasteiger charge is -2.22. The van der Waals surface area contributed by atoms with Crippen LogP contribution in [-0.4, -0.2) is 32.1 Å². The number of rotatable bonds is 12. The molecule has 17 heavy (non-hydrogen) atoms. The van der Waals surface area contributed by atoms with Gasteiger partial charge in [-0.15, -0.1) is 0 Å². The molecule has 0 saturated heterocycles. The van der Waals surface area contributed by atoms with Gasteiger partial charge in [-0.25, -0.2) is 0 Å². The highest BCUT2D eigenvalue weighted by atomic mass is 16.7. The second-order valence-electron chi connectivity index (χ2n) is 4.38. The first-order valence-corrected chi connectivity index (χ1v) is 7.24. The number of hydrogen-bond acceptors (Lipinski definition) is 3. The Kier molecular flexibility index (Phi) is 12.3. The molecule has 1 N–H and O–H groups in total. The zero-order valence-corrected chi connectivity index (χ0v) is 12.1. The average molecular weight is 245 g/mol. The van der Waals surface area contributed by atoms with Crippen LogP contribution in [0.2, 0.25) is 0 Å². The minimum atomic E-state index is -0.0917. The van der Waals surface area contributed by atoms with Crippen LogP contribution < -0.4 is 5.32 Å². The fourth-order valence-corrected chi connectivity index (χ4v) is 1.95. The third kappa shape index (κ3) is 9.57. The van der Waals surface area contributed by atoms with Crippen LogP contribution in [0, 0.1) is 0 Å². The van der Waals surface area contributed by atoms with Crippen LogP contribution in [-0.2, 0) is 9.47 Å². The predicted octanol–water partition coefficient (Wildman–Crippen LogP) is 3.33. The van der Waals surface area contributed by atoms with Crippen molar-refractivity contribution in [2.75, 3.05) is 19.8 Å². The maximum absolute atomic E-state index is 5.53. The molecule has 0 fully saturated rings. The molecule has 0 aliphatic carbocycles. The van der Waals surface area contributed by atoms with Crippen LogP contribution in [0.15, 0.2) is 0 Å². The van der Waals surface area contributed by atoms with Crippen molar-refractivity contribution in [2.45, 2.75) is 72.1 Å². The van der Waals surface area contributed by atoms with Gasteiger partial charge in [0.15, 0.2) is 6.29 Å². The second kappa shape index (κ2) is 12.3. The molecule has 0 bridgehead atoms. The highest BCUT2D eigenvalue weighted by molar-refractivity contribution is 4.67. The van der Waals surface area contributed by atoms with Gasteiger partial charge in [-0.05, 0) is 26.7 Å².